The molecule has 0 unspecified atom stereocenters. The molecule has 0 spiro atoms. The molecule has 0 fully saturated rings. The third-order valence-electron chi connectivity index (χ3n) is 3.51. The smallest absolute Gasteiger partial charge is 0.324 e. The van der Waals surface area contributed by atoms with Crippen molar-refractivity contribution in [2.24, 2.45) is 0 Å². The van der Waals surface area contributed by atoms with Crippen LogP contribution in [0.2, 0.25) is 0 Å². The molecule has 158 valence electrons. The minimum atomic E-state index is -4.55. The van der Waals surface area contributed by atoms with Crippen molar-refractivity contribution in [2.45, 2.75) is 13.8 Å². The van der Waals surface area contributed by atoms with Gasteiger partial charge in [0.15, 0.2) is 0 Å². The van der Waals surface area contributed by atoms with Crippen molar-refractivity contribution in [3.05, 3.63) is 0 Å². The maximum Gasteiger partial charge on any atom is 0.339 e. The van der Waals surface area contributed by atoms with Gasteiger partial charge >= 0.3 is 22.8 Å². The number of hydrogen-bond acceptors (Lipinski definition) is 6. The summed E-state index contributed by atoms with van der Waals surface area (Å²) < 4.78 is 33.6. The lowest BCUT2D eigenvalue weighted by Gasteiger charge is -2.29. The van der Waals surface area contributed by atoms with Crippen LogP contribution >= 0.6 is 22.8 Å². The van der Waals surface area contributed by atoms with Crippen molar-refractivity contribution in [2.75, 3.05) is 58.1 Å². The summed E-state index contributed by atoms with van der Waals surface area (Å²) in [6.07, 6.45) is -2.25. The summed E-state index contributed by atoms with van der Waals surface area (Å²) in [4.78, 5) is 59.0. The van der Waals surface area contributed by atoms with E-state index in [1.807, 2.05) is 18.7 Å². The van der Waals surface area contributed by atoms with E-state index in [2.05, 4.69) is 0 Å². The standard InChI is InChI=1S/C11H30N3O9P3/c1-3-12(4-2)5-6-13(9-24(15,16)17)7-8-14(10-25(18,19)20)11-26(21,22)23/h3-11H2,1-2H3,(H2,15,16,17)(H2,18,19,20)(H2,21,22,23). The Morgan fingerprint density at radius 2 is 0.808 bits per heavy atom. The molecule has 6 N–H and O–H groups in total. The summed E-state index contributed by atoms with van der Waals surface area (Å²) in [5.41, 5.74) is 0. The molecule has 0 aliphatic rings. The van der Waals surface area contributed by atoms with Crippen LogP contribution in [0.15, 0.2) is 0 Å². The second-order valence-corrected chi connectivity index (χ2v) is 10.8. The molecular weight excluding hydrogens is 411 g/mol. The zero-order chi connectivity index (χ0) is 20.6. The lowest BCUT2D eigenvalue weighted by molar-refractivity contribution is 0.195. The largest absolute Gasteiger partial charge is 0.339 e. The van der Waals surface area contributed by atoms with Crippen LogP contribution in [0.3, 0.4) is 0 Å². The highest BCUT2D eigenvalue weighted by atomic mass is 31.2. The van der Waals surface area contributed by atoms with Crippen LogP contribution in [-0.4, -0.2) is 102 Å². The molecule has 0 aliphatic carbocycles. The molecule has 0 radical (unpaired) electrons. The molecule has 0 atom stereocenters. The number of hydrogen-bond donors (Lipinski definition) is 6. The molecule has 15 heteroatoms. The highest BCUT2D eigenvalue weighted by molar-refractivity contribution is 7.52. The summed E-state index contributed by atoms with van der Waals surface area (Å²) in [7, 11) is -13.5. The predicted molar refractivity (Wildman–Crippen MR) is 96.8 cm³/mol. The SMILES string of the molecule is CCN(CC)CCN(CCN(CP(=O)(O)O)CP(=O)(O)O)CP(=O)(O)O. The fraction of sp³-hybridized carbons (Fsp3) is 1.00. The fourth-order valence-corrected chi connectivity index (χ4v) is 4.81. The number of nitrogens with zero attached hydrogens (tertiary/aromatic N) is 3. The number of rotatable bonds is 14. The quantitative estimate of drug-likeness (QED) is 0.187. The molecule has 0 bridgehead atoms. The zero-order valence-corrected chi connectivity index (χ0v) is 17.6. The van der Waals surface area contributed by atoms with Gasteiger partial charge in [-0.25, -0.2) is 0 Å². The summed E-state index contributed by atoms with van der Waals surface area (Å²) in [6.45, 7) is 6.06. The highest BCUT2D eigenvalue weighted by Gasteiger charge is 2.27. The van der Waals surface area contributed by atoms with Gasteiger partial charge in [0.25, 0.3) is 0 Å². The molecule has 0 saturated carbocycles. The third kappa shape index (κ3) is 15.4. The van der Waals surface area contributed by atoms with Crippen molar-refractivity contribution in [1.82, 2.24) is 14.7 Å². The first-order valence-electron chi connectivity index (χ1n) is 7.96. The van der Waals surface area contributed by atoms with E-state index >= 15 is 0 Å². The van der Waals surface area contributed by atoms with Gasteiger partial charge in [0.1, 0.15) is 18.9 Å². The normalized spacial score (nSPS) is 14.0. The number of likely N-dealkylation sites (N-methyl/N-ethyl adjacent to an activating group) is 1. The highest BCUT2D eigenvalue weighted by Crippen LogP contribution is 2.41. The van der Waals surface area contributed by atoms with Gasteiger partial charge in [-0.15, -0.1) is 0 Å². The first-order valence-corrected chi connectivity index (χ1v) is 13.3. The molecule has 0 aromatic carbocycles. The average molecular weight is 441 g/mol. The van der Waals surface area contributed by atoms with Gasteiger partial charge in [-0.3, -0.25) is 23.5 Å². The molecule has 0 amide bonds. The minimum Gasteiger partial charge on any atom is -0.324 e. The van der Waals surface area contributed by atoms with Crippen LogP contribution in [0.25, 0.3) is 0 Å². The van der Waals surface area contributed by atoms with E-state index in [1.54, 1.807) is 0 Å². The Kier molecular flexibility index (Phi) is 11.5. The van der Waals surface area contributed by atoms with E-state index in [-0.39, 0.29) is 13.1 Å². The monoisotopic (exact) mass is 441 g/mol. The molecule has 0 aromatic heterocycles. The molecule has 0 aliphatic heterocycles. The topological polar surface area (TPSA) is 182 Å². The van der Waals surface area contributed by atoms with Crippen LogP contribution < -0.4 is 0 Å². The summed E-state index contributed by atoms with van der Waals surface area (Å²) in [5, 5.41) is 0. The van der Waals surface area contributed by atoms with Crippen LogP contribution in [0.5, 0.6) is 0 Å². The van der Waals surface area contributed by atoms with Crippen LogP contribution in [0.1, 0.15) is 13.8 Å². The lowest BCUT2D eigenvalue weighted by atomic mass is 10.4. The second kappa shape index (κ2) is 11.4. The minimum absolute atomic E-state index is 0.00756. The third-order valence-corrected chi connectivity index (χ3v) is 5.82. The Labute approximate surface area is 153 Å². The first-order chi connectivity index (χ1) is 11.6. The zero-order valence-electron chi connectivity index (χ0n) is 15.0. The van der Waals surface area contributed by atoms with Gasteiger partial charge < -0.3 is 34.3 Å². The molecule has 12 nitrogen and oxygen atoms in total. The Morgan fingerprint density at radius 3 is 1.12 bits per heavy atom. The Balaban J connectivity index is 4.98. The summed E-state index contributed by atoms with van der Waals surface area (Å²) in [5.74, 6) is 0. The molecule has 0 saturated heterocycles. The van der Waals surface area contributed by atoms with Crippen LogP contribution in [0, 0.1) is 0 Å². The summed E-state index contributed by atoms with van der Waals surface area (Å²) in [6, 6.07) is 0. The van der Waals surface area contributed by atoms with Crippen LogP contribution in [-0.2, 0) is 13.7 Å². The van der Waals surface area contributed by atoms with Crippen molar-refractivity contribution in [3.63, 3.8) is 0 Å². The van der Waals surface area contributed by atoms with E-state index in [4.69, 9.17) is 19.6 Å². The first kappa shape index (κ1) is 26.3. The second-order valence-electron chi connectivity index (χ2n) is 5.96. The van der Waals surface area contributed by atoms with Crippen molar-refractivity contribution >= 4 is 22.8 Å². The van der Waals surface area contributed by atoms with E-state index in [0.29, 0.717) is 13.1 Å². The maximum absolute atomic E-state index is 11.3. The molecular formula is C11H30N3O9P3. The Morgan fingerprint density at radius 1 is 0.538 bits per heavy atom. The molecule has 26 heavy (non-hydrogen) atoms. The van der Waals surface area contributed by atoms with Crippen LogP contribution in [0.4, 0.5) is 0 Å². The van der Waals surface area contributed by atoms with Gasteiger partial charge in [-0.2, -0.15) is 0 Å². The lowest BCUT2D eigenvalue weighted by Crippen LogP contribution is -2.40. The Bertz CT molecular complexity index is 518. The van der Waals surface area contributed by atoms with Crippen molar-refractivity contribution < 1.29 is 43.1 Å². The van der Waals surface area contributed by atoms with E-state index < -0.39 is 41.6 Å². The van der Waals surface area contributed by atoms with Gasteiger partial charge in [0.2, 0.25) is 0 Å². The van der Waals surface area contributed by atoms with Gasteiger partial charge in [-0.05, 0) is 13.1 Å². The fourth-order valence-electron chi connectivity index (χ4n) is 2.33. The van der Waals surface area contributed by atoms with Gasteiger partial charge in [0, 0.05) is 26.2 Å². The maximum atomic E-state index is 11.3. The average Bonchev–Trinajstić information content (AvgIpc) is 2.40. The van der Waals surface area contributed by atoms with E-state index in [0.717, 1.165) is 18.0 Å². The van der Waals surface area contributed by atoms with E-state index in [1.165, 1.54) is 4.90 Å². The Hall–Kier alpha value is 0.330. The van der Waals surface area contributed by atoms with Gasteiger partial charge in [-0.1, -0.05) is 13.8 Å². The van der Waals surface area contributed by atoms with Crippen molar-refractivity contribution in [3.8, 4) is 0 Å². The van der Waals surface area contributed by atoms with Gasteiger partial charge in [0.05, 0.1) is 0 Å². The predicted octanol–water partition coefficient (Wildman–Crippen LogP) is -0.662. The molecule has 0 heterocycles. The molecule has 0 rings (SSSR count). The summed E-state index contributed by atoms with van der Waals surface area (Å²) >= 11 is 0. The van der Waals surface area contributed by atoms with Crippen molar-refractivity contribution in [1.29, 1.82) is 0 Å². The molecule has 0 aromatic rings. The van der Waals surface area contributed by atoms with E-state index in [9.17, 15) is 23.5 Å².